The molecular weight excluding hydrogens is 392 g/mol. The van der Waals surface area contributed by atoms with Crippen molar-refractivity contribution in [2.75, 3.05) is 27.3 Å². The second-order valence-corrected chi connectivity index (χ2v) is 7.08. The van der Waals surface area contributed by atoms with Gasteiger partial charge in [-0.1, -0.05) is 0 Å². The Balaban J connectivity index is 1.98. The molecule has 6 heteroatoms. The van der Waals surface area contributed by atoms with E-state index in [1.54, 1.807) is 21.1 Å². The first-order valence-corrected chi connectivity index (χ1v) is 10.4. The molecule has 0 saturated carbocycles. The van der Waals surface area contributed by atoms with E-state index >= 15 is 0 Å². The quantitative estimate of drug-likeness (QED) is 0.396. The normalized spacial score (nSPS) is 10.7. The summed E-state index contributed by atoms with van der Waals surface area (Å²) in [5, 5.41) is 2.89. The zero-order valence-electron chi connectivity index (χ0n) is 18.2. The van der Waals surface area contributed by atoms with Crippen molar-refractivity contribution in [1.29, 1.82) is 0 Å². The number of likely N-dealkylation sites (N-methyl/N-ethyl adjacent to an activating group) is 1. The zero-order valence-corrected chi connectivity index (χ0v) is 18.2. The third-order valence-corrected chi connectivity index (χ3v) is 5.02. The molecule has 3 aromatic rings. The number of aryl methyl sites for hydroxylation is 1. The third kappa shape index (κ3) is 5.41. The van der Waals surface area contributed by atoms with Crippen molar-refractivity contribution in [3.05, 3.63) is 71.9 Å². The molecule has 31 heavy (non-hydrogen) atoms. The number of carbonyl (C=O) groups excluding carboxylic acids is 2. The Kier molecular flexibility index (Phi) is 7.62. The van der Waals surface area contributed by atoms with Gasteiger partial charge in [0.05, 0.1) is 32.4 Å². The van der Waals surface area contributed by atoms with Gasteiger partial charge in [0.1, 0.15) is 5.75 Å². The molecule has 6 nitrogen and oxygen atoms in total. The van der Waals surface area contributed by atoms with E-state index in [0.29, 0.717) is 31.6 Å². The molecule has 0 aliphatic rings. The Hall–Kier alpha value is -3.38. The van der Waals surface area contributed by atoms with Gasteiger partial charge in [0.15, 0.2) is 5.78 Å². The maximum absolute atomic E-state index is 12.2. The number of rotatable bonds is 10. The third-order valence-electron chi connectivity index (χ3n) is 5.02. The molecule has 162 valence electrons. The number of ketones is 1. The SMILES string of the molecule is CCOC(=O)CCc1ccc(-c2ccc(OC)cc2)n1-c1ccc(C(=O)CNC)cc1. The van der Waals surface area contributed by atoms with Gasteiger partial charge < -0.3 is 19.4 Å². The number of benzene rings is 2. The molecule has 1 N–H and O–H groups in total. The highest BCUT2D eigenvalue weighted by molar-refractivity contribution is 5.97. The van der Waals surface area contributed by atoms with Crippen LogP contribution in [0.25, 0.3) is 16.9 Å². The Morgan fingerprint density at radius 3 is 2.29 bits per heavy atom. The first-order valence-electron chi connectivity index (χ1n) is 10.4. The van der Waals surface area contributed by atoms with Crippen LogP contribution in [0.1, 0.15) is 29.4 Å². The number of aromatic nitrogens is 1. The van der Waals surface area contributed by atoms with Crippen molar-refractivity contribution in [1.82, 2.24) is 9.88 Å². The molecule has 0 atom stereocenters. The van der Waals surface area contributed by atoms with E-state index in [0.717, 1.165) is 28.4 Å². The van der Waals surface area contributed by atoms with Crippen LogP contribution in [0.15, 0.2) is 60.7 Å². The molecule has 2 aromatic carbocycles. The summed E-state index contributed by atoms with van der Waals surface area (Å²) in [5.41, 5.74) is 4.60. The number of carbonyl (C=O) groups is 2. The summed E-state index contributed by atoms with van der Waals surface area (Å²) in [7, 11) is 3.39. The van der Waals surface area contributed by atoms with Crippen LogP contribution in [0, 0.1) is 0 Å². The van der Waals surface area contributed by atoms with Crippen LogP contribution >= 0.6 is 0 Å². The zero-order chi connectivity index (χ0) is 22.2. The summed E-state index contributed by atoms with van der Waals surface area (Å²) in [6.07, 6.45) is 0.855. The molecule has 1 aromatic heterocycles. The fourth-order valence-corrected chi connectivity index (χ4v) is 3.49. The number of Topliss-reactive ketones (excluding diaryl/α,β-unsaturated/α-hetero) is 1. The predicted octanol–water partition coefficient (Wildman–Crippen LogP) is 4.05. The summed E-state index contributed by atoms with van der Waals surface area (Å²) < 4.78 is 12.5. The first-order chi connectivity index (χ1) is 15.1. The van der Waals surface area contributed by atoms with E-state index in [1.165, 1.54) is 0 Å². The van der Waals surface area contributed by atoms with Crippen LogP contribution < -0.4 is 10.1 Å². The van der Waals surface area contributed by atoms with Gasteiger partial charge in [0.2, 0.25) is 0 Å². The van der Waals surface area contributed by atoms with Crippen molar-refractivity contribution in [3.8, 4) is 22.7 Å². The topological polar surface area (TPSA) is 69.6 Å². The lowest BCUT2D eigenvalue weighted by Gasteiger charge is -2.15. The van der Waals surface area contributed by atoms with Crippen LogP contribution in [0.3, 0.4) is 0 Å². The summed E-state index contributed by atoms with van der Waals surface area (Å²) >= 11 is 0. The Morgan fingerprint density at radius 2 is 1.68 bits per heavy atom. The van der Waals surface area contributed by atoms with E-state index in [-0.39, 0.29) is 11.8 Å². The van der Waals surface area contributed by atoms with E-state index in [9.17, 15) is 9.59 Å². The Bertz CT molecular complexity index is 1020. The lowest BCUT2D eigenvalue weighted by atomic mass is 10.1. The molecule has 3 rings (SSSR count). The maximum atomic E-state index is 12.2. The minimum absolute atomic E-state index is 0.0412. The number of nitrogens with zero attached hydrogens (tertiary/aromatic N) is 1. The second-order valence-electron chi connectivity index (χ2n) is 7.08. The Morgan fingerprint density at radius 1 is 0.968 bits per heavy atom. The first kappa shape index (κ1) is 22.3. The van der Waals surface area contributed by atoms with Gasteiger partial charge in [-0.25, -0.2) is 0 Å². The lowest BCUT2D eigenvalue weighted by molar-refractivity contribution is -0.143. The van der Waals surface area contributed by atoms with E-state index in [4.69, 9.17) is 9.47 Å². The molecule has 0 fully saturated rings. The molecular formula is C25H28N2O4. The molecule has 0 bridgehead atoms. The van der Waals surface area contributed by atoms with Crippen LogP contribution in [-0.2, 0) is 16.0 Å². The molecule has 0 radical (unpaired) electrons. The molecule has 0 spiro atoms. The number of esters is 1. The second kappa shape index (κ2) is 10.6. The van der Waals surface area contributed by atoms with Crippen molar-refractivity contribution in [2.24, 2.45) is 0 Å². The summed E-state index contributed by atoms with van der Waals surface area (Å²) in [6.45, 7) is 2.48. The largest absolute Gasteiger partial charge is 0.497 e. The van der Waals surface area contributed by atoms with E-state index in [1.807, 2.05) is 60.7 Å². The van der Waals surface area contributed by atoms with Gasteiger partial charge in [-0.15, -0.1) is 0 Å². The lowest BCUT2D eigenvalue weighted by Crippen LogP contribution is -2.18. The maximum Gasteiger partial charge on any atom is 0.306 e. The molecule has 0 saturated heterocycles. The summed E-state index contributed by atoms with van der Waals surface area (Å²) in [6, 6.07) is 19.5. The standard InChI is InChI=1S/C25H28N2O4/c1-4-31-25(29)16-12-21-11-15-23(18-7-13-22(30-3)14-8-18)27(21)20-9-5-19(6-10-20)24(28)17-26-2/h5-11,13-15,26H,4,12,16-17H2,1-3H3. The number of methoxy groups -OCH3 is 1. The van der Waals surface area contributed by atoms with Crippen molar-refractivity contribution < 1.29 is 19.1 Å². The average Bonchev–Trinajstić information content (AvgIpc) is 3.22. The number of ether oxygens (including phenoxy) is 2. The minimum atomic E-state index is -0.214. The predicted molar refractivity (Wildman–Crippen MR) is 121 cm³/mol. The highest BCUT2D eigenvalue weighted by Gasteiger charge is 2.15. The summed E-state index contributed by atoms with van der Waals surface area (Å²) in [4.78, 5) is 24.1. The van der Waals surface area contributed by atoms with Crippen LogP contribution in [-0.4, -0.2) is 43.6 Å². The highest BCUT2D eigenvalue weighted by atomic mass is 16.5. The highest BCUT2D eigenvalue weighted by Crippen LogP contribution is 2.29. The van der Waals surface area contributed by atoms with Crippen LogP contribution in [0.4, 0.5) is 0 Å². The van der Waals surface area contributed by atoms with Crippen molar-refractivity contribution in [2.45, 2.75) is 19.8 Å². The molecule has 0 amide bonds. The van der Waals surface area contributed by atoms with Gasteiger partial charge in [-0.05, 0) is 86.6 Å². The number of nitrogens with one attached hydrogen (secondary N) is 1. The summed E-state index contributed by atoms with van der Waals surface area (Å²) in [5.74, 6) is 0.616. The van der Waals surface area contributed by atoms with Crippen molar-refractivity contribution in [3.63, 3.8) is 0 Å². The number of hydrogen-bond acceptors (Lipinski definition) is 5. The van der Waals surface area contributed by atoms with E-state index in [2.05, 4.69) is 9.88 Å². The van der Waals surface area contributed by atoms with Gasteiger partial charge in [-0.3, -0.25) is 9.59 Å². The van der Waals surface area contributed by atoms with Gasteiger partial charge >= 0.3 is 5.97 Å². The van der Waals surface area contributed by atoms with Crippen LogP contribution in [0.2, 0.25) is 0 Å². The Labute approximate surface area is 182 Å². The smallest absolute Gasteiger partial charge is 0.306 e. The minimum Gasteiger partial charge on any atom is -0.497 e. The van der Waals surface area contributed by atoms with Gasteiger partial charge in [-0.2, -0.15) is 0 Å². The fraction of sp³-hybridized carbons (Fsp3) is 0.280. The van der Waals surface area contributed by atoms with Crippen molar-refractivity contribution >= 4 is 11.8 Å². The van der Waals surface area contributed by atoms with Gasteiger partial charge in [0.25, 0.3) is 0 Å². The monoisotopic (exact) mass is 420 g/mol. The molecule has 1 heterocycles. The number of hydrogen-bond donors (Lipinski definition) is 1. The van der Waals surface area contributed by atoms with Crippen LogP contribution in [0.5, 0.6) is 5.75 Å². The van der Waals surface area contributed by atoms with Gasteiger partial charge in [0, 0.05) is 16.9 Å². The average molecular weight is 421 g/mol. The molecule has 0 aliphatic heterocycles. The van der Waals surface area contributed by atoms with E-state index < -0.39 is 0 Å². The molecule has 0 aliphatic carbocycles. The molecule has 0 unspecified atom stereocenters. The fourth-order valence-electron chi connectivity index (χ4n) is 3.49.